The highest BCUT2D eigenvalue weighted by Gasteiger charge is 2.09. The van der Waals surface area contributed by atoms with Gasteiger partial charge in [-0.25, -0.2) is 9.97 Å². The number of hydrogen-bond donors (Lipinski definition) is 2. The Hall–Kier alpha value is -3.41. The first-order valence-electron chi connectivity index (χ1n) is 8.31. The van der Waals surface area contributed by atoms with Crippen LogP contribution in [0.1, 0.15) is 16.1 Å². The van der Waals surface area contributed by atoms with Gasteiger partial charge < -0.3 is 15.5 Å². The lowest BCUT2D eigenvalue weighted by Crippen LogP contribution is -2.15. The maximum atomic E-state index is 12.4. The number of benzene rings is 2. The van der Waals surface area contributed by atoms with E-state index in [1.165, 1.54) is 0 Å². The van der Waals surface area contributed by atoms with E-state index >= 15 is 0 Å². The zero-order valence-electron chi connectivity index (χ0n) is 14.8. The molecule has 0 aliphatic rings. The zero-order valence-corrected chi connectivity index (χ0v) is 14.8. The van der Waals surface area contributed by atoms with Crippen LogP contribution in [-0.2, 0) is 6.54 Å². The van der Waals surface area contributed by atoms with Gasteiger partial charge in [0.2, 0.25) is 5.95 Å². The Morgan fingerprint density at radius 3 is 2.42 bits per heavy atom. The number of nitrogens with zero attached hydrogens (tertiary/aromatic N) is 3. The van der Waals surface area contributed by atoms with Crippen LogP contribution in [0.2, 0.25) is 0 Å². The maximum Gasteiger partial charge on any atom is 0.274 e. The average Bonchev–Trinajstić information content (AvgIpc) is 2.68. The molecule has 6 heteroatoms. The molecule has 0 aliphatic carbocycles. The molecule has 1 aromatic heterocycles. The largest absolute Gasteiger partial charge is 0.378 e. The number of hydrogen-bond acceptors (Lipinski definition) is 5. The number of aromatic nitrogens is 2. The van der Waals surface area contributed by atoms with Crippen molar-refractivity contribution in [2.24, 2.45) is 0 Å². The van der Waals surface area contributed by atoms with Gasteiger partial charge >= 0.3 is 0 Å². The molecule has 6 nitrogen and oxygen atoms in total. The minimum absolute atomic E-state index is 0.271. The lowest BCUT2D eigenvalue weighted by atomic mass is 10.2. The van der Waals surface area contributed by atoms with Gasteiger partial charge in [0.25, 0.3) is 5.91 Å². The van der Waals surface area contributed by atoms with E-state index in [9.17, 15) is 4.79 Å². The molecule has 0 saturated heterocycles. The topological polar surface area (TPSA) is 70.2 Å². The van der Waals surface area contributed by atoms with Crippen LogP contribution in [-0.4, -0.2) is 30.0 Å². The number of carbonyl (C=O) groups is 1. The normalized spacial score (nSPS) is 10.2. The van der Waals surface area contributed by atoms with Crippen molar-refractivity contribution in [3.05, 3.63) is 78.1 Å². The molecule has 3 rings (SSSR count). The van der Waals surface area contributed by atoms with Crippen LogP contribution in [0.4, 0.5) is 17.3 Å². The van der Waals surface area contributed by atoms with Gasteiger partial charge in [0.05, 0.1) is 0 Å². The summed E-state index contributed by atoms with van der Waals surface area (Å²) in [6, 6.07) is 19.2. The zero-order chi connectivity index (χ0) is 18.4. The first kappa shape index (κ1) is 17.4. The van der Waals surface area contributed by atoms with Crippen molar-refractivity contribution in [2.45, 2.75) is 6.54 Å². The molecule has 2 aromatic carbocycles. The Bertz CT molecular complexity index is 863. The Kier molecular flexibility index (Phi) is 5.43. The monoisotopic (exact) mass is 347 g/mol. The SMILES string of the molecule is CN(C)c1ccc(NC(=O)c2ccnc(NCc3ccccc3)n2)cc1. The highest BCUT2D eigenvalue weighted by molar-refractivity contribution is 6.03. The molecule has 0 fully saturated rings. The van der Waals surface area contributed by atoms with E-state index in [0.717, 1.165) is 16.9 Å². The molecule has 0 bridgehead atoms. The quantitative estimate of drug-likeness (QED) is 0.715. The highest BCUT2D eigenvalue weighted by Crippen LogP contribution is 2.16. The molecule has 1 amide bonds. The molecule has 0 radical (unpaired) electrons. The summed E-state index contributed by atoms with van der Waals surface area (Å²) in [6.07, 6.45) is 1.57. The Labute approximate surface area is 152 Å². The highest BCUT2D eigenvalue weighted by atomic mass is 16.1. The van der Waals surface area contributed by atoms with Gasteiger partial charge in [-0.1, -0.05) is 30.3 Å². The van der Waals surface area contributed by atoms with Gasteiger partial charge in [-0.3, -0.25) is 4.79 Å². The summed E-state index contributed by atoms with van der Waals surface area (Å²) in [5.74, 6) is 0.150. The van der Waals surface area contributed by atoms with Gasteiger partial charge in [0.15, 0.2) is 0 Å². The summed E-state index contributed by atoms with van der Waals surface area (Å²) >= 11 is 0. The van der Waals surface area contributed by atoms with Crippen molar-refractivity contribution in [2.75, 3.05) is 29.6 Å². The first-order chi connectivity index (χ1) is 12.6. The number of anilines is 3. The number of nitrogens with one attached hydrogen (secondary N) is 2. The summed E-state index contributed by atoms with van der Waals surface area (Å²) in [5.41, 5.74) is 3.22. The van der Waals surface area contributed by atoms with Crippen LogP contribution in [0.3, 0.4) is 0 Å². The van der Waals surface area contributed by atoms with E-state index in [-0.39, 0.29) is 5.91 Å². The lowest BCUT2D eigenvalue weighted by Gasteiger charge is -2.13. The van der Waals surface area contributed by atoms with Crippen LogP contribution < -0.4 is 15.5 Å². The number of rotatable bonds is 6. The van der Waals surface area contributed by atoms with Crippen molar-refractivity contribution in [3.8, 4) is 0 Å². The number of amides is 1. The second-order valence-electron chi connectivity index (χ2n) is 6.00. The third-order valence-electron chi connectivity index (χ3n) is 3.82. The third-order valence-corrected chi connectivity index (χ3v) is 3.82. The van der Waals surface area contributed by atoms with Crippen LogP contribution in [0.15, 0.2) is 66.9 Å². The van der Waals surface area contributed by atoms with Crippen LogP contribution >= 0.6 is 0 Å². The second kappa shape index (κ2) is 8.11. The maximum absolute atomic E-state index is 12.4. The average molecular weight is 347 g/mol. The standard InChI is InChI=1S/C20H21N5O/c1-25(2)17-10-8-16(9-11-17)23-19(26)18-12-13-21-20(24-18)22-14-15-6-4-3-5-7-15/h3-13H,14H2,1-2H3,(H,23,26)(H,21,22,24). The summed E-state index contributed by atoms with van der Waals surface area (Å²) in [4.78, 5) is 22.9. The van der Waals surface area contributed by atoms with Gasteiger partial charge in [-0.2, -0.15) is 0 Å². The molecule has 0 spiro atoms. The van der Waals surface area contributed by atoms with Crippen LogP contribution in [0.25, 0.3) is 0 Å². The van der Waals surface area contributed by atoms with E-state index < -0.39 is 0 Å². The van der Waals surface area contributed by atoms with E-state index in [0.29, 0.717) is 18.2 Å². The molecule has 1 heterocycles. The van der Waals surface area contributed by atoms with Crippen molar-refractivity contribution >= 4 is 23.2 Å². The van der Waals surface area contributed by atoms with E-state index in [1.54, 1.807) is 12.3 Å². The van der Waals surface area contributed by atoms with E-state index in [1.807, 2.05) is 73.6 Å². The molecule has 0 unspecified atom stereocenters. The van der Waals surface area contributed by atoms with Gasteiger partial charge in [0, 0.05) is 38.2 Å². The van der Waals surface area contributed by atoms with E-state index in [4.69, 9.17) is 0 Å². The molecule has 132 valence electrons. The molecular weight excluding hydrogens is 326 g/mol. The van der Waals surface area contributed by atoms with Crippen LogP contribution in [0.5, 0.6) is 0 Å². The molecule has 0 aliphatic heterocycles. The summed E-state index contributed by atoms with van der Waals surface area (Å²) < 4.78 is 0. The molecule has 0 atom stereocenters. The summed E-state index contributed by atoms with van der Waals surface area (Å²) in [5, 5.41) is 5.98. The predicted octanol–water partition coefficient (Wildman–Crippen LogP) is 3.41. The van der Waals surface area contributed by atoms with Crippen molar-refractivity contribution in [1.29, 1.82) is 0 Å². The molecule has 2 N–H and O–H groups in total. The molecule has 3 aromatic rings. The fourth-order valence-electron chi connectivity index (χ4n) is 2.39. The third kappa shape index (κ3) is 4.57. The fourth-order valence-corrected chi connectivity index (χ4v) is 2.39. The summed E-state index contributed by atoms with van der Waals surface area (Å²) in [7, 11) is 3.94. The second-order valence-corrected chi connectivity index (χ2v) is 6.00. The van der Waals surface area contributed by atoms with Gasteiger partial charge in [-0.05, 0) is 35.9 Å². The molecule has 0 saturated carbocycles. The summed E-state index contributed by atoms with van der Waals surface area (Å²) in [6.45, 7) is 0.595. The Balaban J connectivity index is 1.64. The first-order valence-corrected chi connectivity index (χ1v) is 8.31. The minimum atomic E-state index is -0.271. The smallest absolute Gasteiger partial charge is 0.274 e. The fraction of sp³-hybridized carbons (Fsp3) is 0.150. The Morgan fingerprint density at radius 2 is 1.73 bits per heavy atom. The Morgan fingerprint density at radius 1 is 1.00 bits per heavy atom. The van der Waals surface area contributed by atoms with Crippen LogP contribution in [0, 0.1) is 0 Å². The number of carbonyl (C=O) groups excluding carboxylic acids is 1. The lowest BCUT2D eigenvalue weighted by molar-refractivity contribution is 0.102. The van der Waals surface area contributed by atoms with E-state index in [2.05, 4.69) is 20.6 Å². The minimum Gasteiger partial charge on any atom is -0.378 e. The van der Waals surface area contributed by atoms with Crippen molar-refractivity contribution in [3.63, 3.8) is 0 Å². The van der Waals surface area contributed by atoms with Gasteiger partial charge in [-0.15, -0.1) is 0 Å². The van der Waals surface area contributed by atoms with Crippen molar-refractivity contribution < 1.29 is 4.79 Å². The molecule has 26 heavy (non-hydrogen) atoms. The molecular formula is C20H21N5O. The van der Waals surface area contributed by atoms with Crippen molar-refractivity contribution in [1.82, 2.24) is 9.97 Å². The predicted molar refractivity (Wildman–Crippen MR) is 105 cm³/mol. The van der Waals surface area contributed by atoms with Gasteiger partial charge in [0.1, 0.15) is 5.69 Å².